The molecule has 2 amide bonds. The average Bonchev–Trinajstić information content (AvgIpc) is 2.95. The number of oxazole rings is 1. The van der Waals surface area contributed by atoms with Crippen molar-refractivity contribution in [3.05, 3.63) is 17.8 Å². The number of carbonyl (C=O) groups is 2. The number of hydrogen-bond donors (Lipinski definition) is 1. The zero-order valence-corrected chi connectivity index (χ0v) is 13.1. The first-order valence-electron chi connectivity index (χ1n) is 7.31. The number of hydrogen-bond acceptors (Lipinski definition) is 4. The summed E-state index contributed by atoms with van der Waals surface area (Å²) in [4.78, 5) is 29.9. The number of nitrogens with zero attached hydrogens (tertiary/aromatic N) is 2. The highest BCUT2D eigenvalue weighted by atomic mass is 16.3. The lowest BCUT2D eigenvalue weighted by atomic mass is 9.96. The number of rotatable bonds is 4. The molecule has 0 saturated carbocycles. The number of amides is 2. The van der Waals surface area contributed by atoms with Gasteiger partial charge in [0.05, 0.1) is 6.04 Å². The molecule has 1 aliphatic rings. The number of likely N-dealkylation sites (tertiary alicyclic amines) is 1. The Hall–Kier alpha value is -1.85. The Labute approximate surface area is 124 Å². The molecule has 116 valence electrons. The summed E-state index contributed by atoms with van der Waals surface area (Å²) in [7, 11) is 0. The third-order valence-corrected chi connectivity index (χ3v) is 3.39. The molecule has 0 spiro atoms. The molecule has 0 radical (unpaired) electrons. The largest absolute Gasteiger partial charge is 0.448 e. The van der Waals surface area contributed by atoms with Gasteiger partial charge in [-0.25, -0.2) is 4.98 Å². The third-order valence-electron chi connectivity index (χ3n) is 3.39. The summed E-state index contributed by atoms with van der Waals surface area (Å²) in [5.74, 6) is 0.394. The first kappa shape index (κ1) is 15.5. The van der Waals surface area contributed by atoms with Crippen molar-refractivity contribution >= 4 is 11.8 Å². The summed E-state index contributed by atoms with van der Waals surface area (Å²) in [5.41, 5.74) is 0.370. The van der Waals surface area contributed by atoms with E-state index in [1.807, 2.05) is 11.8 Å². The summed E-state index contributed by atoms with van der Waals surface area (Å²) < 4.78 is 5.16. The van der Waals surface area contributed by atoms with Crippen LogP contribution in [0.3, 0.4) is 0 Å². The summed E-state index contributed by atoms with van der Waals surface area (Å²) >= 11 is 0. The van der Waals surface area contributed by atoms with Crippen molar-refractivity contribution in [3.8, 4) is 0 Å². The highest BCUT2D eigenvalue weighted by Gasteiger charge is 2.33. The lowest BCUT2D eigenvalue weighted by Gasteiger charge is -2.26. The van der Waals surface area contributed by atoms with Crippen LogP contribution in [0.4, 0.5) is 0 Å². The van der Waals surface area contributed by atoms with Crippen molar-refractivity contribution in [1.82, 2.24) is 15.2 Å². The molecule has 0 bridgehead atoms. The van der Waals surface area contributed by atoms with Crippen LogP contribution in [0, 0.1) is 5.41 Å². The van der Waals surface area contributed by atoms with Gasteiger partial charge in [0.2, 0.25) is 5.91 Å². The Morgan fingerprint density at radius 1 is 1.52 bits per heavy atom. The van der Waals surface area contributed by atoms with Crippen molar-refractivity contribution in [2.24, 2.45) is 5.41 Å². The lowest BCUT2D eigenvalue weighted by molar-refractivity contribution is -0.128. The van der Waals surface area contributed by atoms with Gasteiger partial charge in [-0.05, 0) is 5.41 Å². The first-order valence-corrected chi connectivity index (χ1v) is 7.31. The van der Waals surface area contributed by atoms with Gasteiger partial charge in [0, 0.05) is 25.9 Å². The van der Waals surface area contributed by atoms with Crippen LogP contribution in [-0.4, -0.2) is 40.8 Å². The van der Waals surface area contributed by atoms with Gasteiger partial charge in [0.25, 0.3) is 5.91 Å². The molecule has 1 aliphatic heterocycles. The molecule has 1 N–H and O–H groups in total. The number of carbonyl (C=O) groups excluding carboxylic acids is 2. The van der Waals surface area contributed by atoms with E-state index in [0.717, 1.165) is 0 Å². The molecule has 6 heteroatoms. The highest BCUT2D eigenvalue weighted by molar-refractivity contribution is 5.94. The average molecular weight is 293 g/mol. The summed E-state index contributed by atoms with van der Waals surface area (Å²) in [6.45, 7) is 9.43. The first-order chi connectivity index (χ1) is 9.80. The molecular formula is C15H23N3O3. The minimum Gasteiger partial charge on any atom is -0.448 e. The van der Waals surface area contributed by atoms with Crippen molar-refractivity contribution in [2.75, 3.05) is 13.1 Å². The fourth-order valence-corrected chi connectivity index (χ4v) is 2.55. The molecule has 0 aromatic carbocycles. The van der Waals surface area contributed by atoms with E-state index in [0.29, 0.717) is 37.4 Å². The molecular weight excluding hydrogens is 270 g/mol. The maximum absolute atomic E-state index is 12.2. The van der Waals surface area contributed by atoms with Crippen molar-refractivity contribution in [1.29, 1.82) is 0 Å². The molecule has 0 unspecified atom stereocenters. The van der Waals surface area contributed by atoms with E-state index >= 15 is 0 Å². The summed E-state index contributed by atoms with van der Waals surface area (Å²) in [6.07, 6.45) is 2.24. The molecule has 21 heavy (non-hydrogen) atoms. The molecule has 2 rings (SSSR count). The Balaban J connectivity index is 1.96. The minimum atomic E-state index is -0.268. The quantitative estimate of drug-likeness (QED) is 0.915. The van der Waals surface area contributed by atoms with Crippen LogP contribution in [0.2, 0.25) is 0 Å². The van der Waals surface area contributed by atoms with Gasteiger partial charge in [-0.2, -0.15) is 0 Å². The lowest BCUT2D eigenvalue weighted by Crippen LogP contribution is -2.39. The van der Waals surface area contributed by atoms with Crippen LogP contribution in [-0.2, 0) is 11.2 Å². The Morgan fingerprint density at radius 2 is 2.24 bits per heavy atom. The molecule has 1 atom stereocenters. The molecule has 1 fully saturated rings. The number of aromatic nitrogens is 1. The van der Waals surface area contributed by atoms with E-state index in [2.05, 4.69) is 31.1 Å². The molecule has 6 nitrogen and oxygen atoms in total. The van der Waals surface area contributed by atoms with Crippen LogP contribution >= 0.6 is 0 Å². The van der Waals surface area contributed by atoms with Gasteiger partial charge in [0.15, 0.2) is 12.1 Å². The van der Waals surface area contributed by atoms with Crippen molar-refractivity contribution < 1.29 is 14.0 Å². The topological polar surface area (TPSA) is 75.4 Å². The molecule has 1 saturated heterocycles. The predicted molar refractivity (Wildman–Crippen MR) is 77.8 cm³/mol. The molecule has 1 aromatic heterocycles. The minimum absolute atomic E-state index is 0.0516. The van der Waals surface area contributed by atoms with Gasteiger partial charge in [-0.3, -0.25) is 9.59 Å². The molecule has 2 heterocycles. The second kappa shape index (κ2) is 5.87. The van der Waals surface area contributed by atoms with E-state index in [9.17, 15) is 9.59 Å². The maximum Gasteiger partial charge on any atom is 0.273 e. The smallest absolute Gasteiger partial charge is 0.273 e. The van der Waals surface area contributed by atoms with E-state index in [1.54, 1.807) is 0 Å². The van der Waals surface area contributed by atoms with E-state index in [1.165, 1.54) is 6.39 Å². The van der Waals surface area contributed by atoms with Gasteiger partial charge in [-0.15, -0.1) is 0 Å². The Bertz CT molecular complexity index is 531. The predicted octanol–water partition coefficient (Wildman–Crippen LogP) is 1.61. The second-order valence-electron chi connectivity index (χ2n) is 6.69. The zero-order valence-electron chi connectivity index (χ0n) is 13.1. The Kier molecular flexibility index (Phi) is 4.34. The Morgan fingerprint density at radius 3 is 2.86 bits per heavy atom. The summed E-state index contributed by atoms with van der Waals surface area (Å²) in [5, 5.41) is 2.88. The van der Waals surface area contributed by atoms with Crippen LogP contribution in [0.25, 0.3) is 0 Å². The van der Waals surface area contributed by atoms with Crippen molar-refractivity contribution in [2.45, 2.75) is 46.6 Å². The SMILES string of the molecule is CCc1ocnc1C(=O)N[C@@H]1CC(=O)N(CC(C)(C)C)C1. The van der Waals surface area contributed by atoms with Crippen LogP contribution in [0.15, 0.2) is 10.8 Å². The summed E-state index contributed by atoms with van der Waals surface area (Å²) in [6, 6.07) is -0.159. The van der Waals surface area contributed by atoms with Crippen LogP contribution < -0.4 is 5.32 Å². The van der Waals surface area contributed by atoms with E-state index in [4.69, 9.17) is 4.42 Å². The van der Waals surface area contributed by atoms with Gasteiger partial charge in [-0.1, -0.05) is 27.7 Å². The second-order valence-corrected chi connectivity index (χ2v) is 6.69. The fraction of sp³-hybridized carbons (Fsp3) is 0.667. The maximum atomic E-state index is 12.2. The normalized spacial score (nSPS) is 19.1. The monoisotopic (exact) mass is 293 g/mol. The molecule has 0 aliphatic carbocycles. The van der Waals surface area contributed by atoms with E-state index in [-0.39, 0.29) is 23.3 Å². The molecule has 1 aromatic rings. The number of nitrogens with one attached hydrogen (secondary N) is 1. The van der Waals surface area contributed by atoms with Gasteiger partial charge < -0.3 is 14.6 Å². The van der Waals surface area contributed by atoms with Crippen LogP contribution in [0.1, 0.15) is 50.4 Å². The number of aryl methyl sites for hydroxylation is 1. The van der Waals surface area contributed by atoms with Gasteiger partial charge >= 0.3 is 0 Å². The standard InChI is InChI=1S/C15H23N3O3/c1-5-11-13(16-9-21-11)14(20)17-10-6-12(19)18(7-10)8-15(2,3)4/h9-10H,5-8H2,1-4H3,(H,17,20)/t10-/m1/s1. The van der Waals surface area contributed by atoms with Crippen LogP contribution in [0.5, 0.6) is 0 Å². The van der Waals surface area contributed by atoms with E-state index < -0.39 is 0 Å². The highest BCUT2D eigenvalue weighted by Crippen LogP contribution is 2.20. The third kappa shape index (κ3) is 3.83. The van der Waals surface area contributed by atoms with Gasteiger partial charge in [0.1, 0.15) is 5.76 Å². The fourth-order valence-electron chi connectivity index (χ4n) is 2.55. The van der Waals surface area contributed by atoms with Crippen molar-refractivity contribution in [3.63, 3.8) is 0 Å². The zero-order chi connectivity index (χ0) is 15.6.